The van der Waals surface area contributed by atoms with Crippen LogP contribution in [0.2, 0.25) is 0 Å². The Hall–Kier alpha value is -2.14. The number of rotatable bonds is 4. The first-order chi connectivity index (χ1) is 9.11. The summed E-state index contributed by atoms with van der Waals surface area (Å²) in [7, 11) is 0. The number of hydrogen-bond donors (Lipinski definition) is 2. The first kappa shape index (κ1) is 13.3. The van der Waals surface area contributed by atoms with Crippen LogP contribution in [0.15, 0.2) is 36.5 Å². The third kappa shape index (κ3) is 3.00. The largest absolute Gasteiger partial charge is 0.294 e. The summed E-state index contributed by atoms with van der Waals surface area (Å²) >= 11 is 0. The number of carbonyl (C=O) groups excluding carboxylic acids is 1. The number of carbonyl (C=O) groups is 1. The average Bonchev–Trinajstić information content (AvgIpc) is 2.83. The Labute approximate surface area is 112 Å². The van der Waals surface area contributed by atoms with Gasteiger partial charge in [0.15, 0.2) is 0 Å². The van der Waals surface area contributed by atoms with Crippen LogP contribution in [-0.4, -0.2) is 15.7 Å². The van der Waals surface area contributed by atoms with Crippen LogP contribution in [0, 0.1) is 6.92 Å². The van der Waals surface area contributed by atoms with Crippen LogP contribution in [0.4, 0.5) is 0 Å². The zero-order chi connectivity index (χ0) is 13.8. The van der Waals surface area contributed by atoms with Crippen LogP contribution >= 0.6 is 0 Å². The lowest BCUT2D eigenvalue weighted by molar-refractivity contribution is -0.122. The van der Waals surface area contributed by atoms with Gasteiger partial charge in [0.05, 0.1) is 12.5 Å². The number of aromatic nitrogens is 2. The van der Waals surface area contributed by atoms with Crippen LogP contribution in [0.25, 0.3) is 0 Å². The molecule has 1 amide bonds. The molecule has 2 rings (SSSR count). The van der Waals surface area contributed by atoms with Crippen molar-refractivity contribution in [2.24, 2.45) is 5.84 Å². The summed E-state index contributed by atoms with van der Waals surface area (Å²) in [6, 6.07) is 9.90. The summed E-state index contributed by atoms with van der Waals surface area (Å²) < 4.78 is 1.94. The molecule has 0 aliphatic rings. The molecule has 0 spiro atoms. The topological polar surface area (TPSA) is 72.9 Å². The van der Waals surface area contributed by atoms with Crippen molar-refractivity contribution in [1.82, 2.24) is 15.2 Å². The Morgan fingerprint density at radius 3 is 2.58 bits per heavy atom. The summed E-state index contributed by atoms with van der Waals surface area (Å²) in [5.41, 5.74) is 5.39. The van der Waals surface area contributed by atoms with Gasteiger partial charge in [0.25, 0.3) is 0 Å². The summed E-state index contributed by atoms with van der Waals surface area (Å²) in [6.07, 6.45) is 1.79. The lowest BCUT2D eigenvalue weighted by Crippen LogP contribution is -2.33. The molecule has 1 unspecified atom stereocenters. The minimum Gasteiger partial charge on any atom is -0.294 e. The van der Waals surface area contributed by atoms with Crippen LogP contribution in [-0.2, 0) is 11.3 Å². The van der Waals surface area contributed by atoms with E-state index in [0.29, 0.717) is 0 Å². The number of aryl methyl sites for hydroxylation is 1. The second-order valence-electron chi connectivity index (χ2n) is 4.60. The van der Waals surface area contributed by atoms with Gasteiger partial charge in [-0.05, 0) is 31.0 Å². The van der Waals surface area contributed by atoms with Gasteiger partial charge in [-0.25, -0.2) is 5.84 Å². The van der Waals surface area contributed by atoms with E-state index in [2.05, 4.69) is 10.5 Å². The first-order valence-electron chi connectivity index (χ1n) is 6.19. The van der Waals surface area contributed by atoms with Gasteiger partial charge in [-0.15, -0.1) is 0 Å². The van der Waals surface area contributed by atoms with Crippen molar-refractivity contribution in [2.75, 3.05) is 0 Å². The third-order valence-electron chi connectivity index (χ3n) is 3.28. The zero-order valence-electron chi connectivity index (χ0n) is 11.1. The Bertz CT molecular complexity index is 559. The second kappa shape index (κ2) is 5.67. The van der Waals surface area contributed by atoms with E-state index in [9.17, 15) is 4.79 Å². The maximum atomic E-state index is 11.4. The molecule has 0 radical (unpaired) electrons. The van der Waals surface area contributed by atoms with Crippen molar-refractivity contribution in [1.29, 1.82) is 0 Å². The summed E-state index contributed by atoms with van der Waals surface area (Å²) in [4.78, 5) is 11.4. The van der Waals surface area contributed by atoms with Crippen LogP contribution in [0.1, 0.15) is 29.7 Å². The van der Waals surface area contributed by atoms with Crippen molar-refractivity contribution in [2.45, 2.75) is 26.3 Å². The highest BCUT2D eigenvalue weighted by molar-refractivity contribution is 5.82. The molecule has 0 fully saturated rings. The van der Waals surface area contributed by atoms with E-state index < -0.39 is 0 Å². The molecule has 100 valence electrons. The van der Waals surface area contributed by atoms with Gasteiger partial charge < -0.3 is 0 Å². The van der Waals surface area contributed by atoms with E-state index in [1.165, 1.54) is 0 Å². The predicted molar refractivity (Wildman–Crippen MR) is 73.3 cm³/mol. The molecule has 5 heteroatoms. The van der Waals surface area contributed by atoms with Gasteiger partial charge >= 0.3 is 0 Å². The molecule has 0 saturated heterocycles. The quantitative estimate of drug-likeness (QED) is 0.493. The Morgan fingerprint density at radius 2 is 2.05 bits per heavy atom. The fourth-order valence-electron chi connectivity index (χ4n) is 1.93. The molecule has 1 heterocycles. The molecule has 1 atom stereocenters. The van der Waals surface area contributed by atoms with E-state index in [1.54, 1.807) is 6.20 Å². The van der Waals surface area contributed by atoms with Gasteiger partial charge in [-0.1, -0.05) is 24.3 Å². The summed E-state index contributed by atoms with van der Waals surface area (Å²) in [6.45, 7) is 4.58. The smallest absolute Gasteiger partial charge is 0.241 e. The summed E-state index contributed by atoms with van der Waals surface area (Å²) in [5, 5.41) is 4.25. The second-order valence-corrected chi connectivity index (χ2v) is 4.60. The van der Waals surface area contributed by atoms with Crippen LogP contribution in [0.5, 0.6) is 0 Å². The fourth-order valence-corrected chi connectivity index (χ4v) is 1.93. The molecule has 19 heavy (non-hydrogen) atoms. The molecule has 3 N–H and O–H groups in total. The molecule has 1 aromatic heterocycles. The maximum Gasteiger partial charge on any atom is 0.241 e. The number of nitrogens with zero attached hydrogens (tertiary/aromatic N) is 2. The lowest BCUT2D eigenvalue weighted by Gasteiger charge is -2.11. The molecule has 0 aliphatic carbocycles. The molecular formula is C14H18N4O. The molecule has 0 saturated carbocycles. The van der Waals surface area contributed by atoms with Crippen molar-refractivity contribution in [3.8, 4) is 0 Å². The zero-order valence-corrected chi connectivity index (χ0v) is 11.1. The fraction of sp³-hybridized carbons (Fsp3) is 0.286. The van der Waals surface area contributed by atoms with Crippen molar-refractivity contribution in [3.63, 3.8) is 0 Å². The minimum atomic E-state index is -0.245. The molecule has 1 aromatic carbocycles. The van der Waals surface area contributed by atoms with Gasteiger partial charge in [0.2, 0.25) is 5.91 Å². The Balaban J connectivity index is 2.10. The number of amides is 1. The Kier molecular flexibility index (Phi) is 3.97. The van der Waals surface area contributed by atoms with E-state index in [0.717, 1.165) is 23.4 Å². The maximum absolute atomic E-state index is 11.4. The van der Waals surface area contributed by atoms with E-state index in [-0.39, 0.29) is 11.8 Å². The molecule has 5 nitrogen and oxygen atoms in total. The highest BCUT2D eigenvalue weighted by Gasteiger charge is 2.13. The minimum absolute atomic E-state index is 0.185. The standard InChI is InChI=1S/C14H18N4O/c1-10-7-8-16-18(10)9-12-3-5-13(6-4-12)11(2)14(19)17-15/h3-8,11H,9,15H2,1-2H3,(H,17,19). The highest BCUT2D eigenvalue weighted by Crippen LogP contribution is 2.16. The lowest BCUT2D eigenvalue weighted by atomic mass is 9.99. The van der Waals surface area contributed by atoms with Gasteiger partial charge in [-0.2, -0.15) is 5.10 Å². The van der Waals surface area contributed by atoms with E-state index >= 15 is 0 Å². The monoisotopic (exact) mass is 258 g/mol. The van der Waals surface area contributed by atoms with Crippen molar-refractivity contribution < 1.29 is 4.79 Å². The molecule has 2 aromatic rings. The Morgan fingerprint density at radius 1 is 1.37 bits per heavy atom. The third-order valence-corrected chi connectivity index (χ3v) is 3.28. The van der Waals surface area contributed by atoms with Gasteiger partial charge in [0, 0.05) is 11.9 Å². The average molecular weight is 258 g/mol. The molecule has 0 bridgehead atoms. The first-order valence-corrected chi connectivity index (χ1v) is 6.19. The molecule has 0 aliphatic heterocycles. The van der Waals surface area contributed by atoms with Crippen LogP contribution < -0.4 is 11.3 Å². The normalized spacial score (nSPS) is 12.2. The van der Waals surface area contributed by atoms with Crippen LogP contribution in [0.3, 0.4) is 0 Å². The highest BCUT2D eigenvalue weighted by atomic mass is 16.2. The van der Waals surface area contributed by atoms with E-state index in [1.807, 2.05) is 48.9 Å². The van der Waals surface area contributed by atoms with Crippen molar-refractivity contribution in [3.05, 3.63) is 53.3 Å². The number of nitrogens with one attached hydrogen (secondary N) is 1. The predicted octanol–water partition coefficient (Wildman–Crippen LogP) is 1.33. The van der Waals surface area contributed by atoms with E-state index in [4.69, 9.17) is 5.84 Å². The molecular weight excluding hydrogens is 240 g/mol. The van der Waals surface area contributed by atoms with Gasteiger partial charge in [0.1, 0.15) is 0 Å². The summed E-state index contributed by atoms with van der Waals surface area (Å²) in [5.74, 6) is 4.71. The number of benzene rings is 1. The number of hydrazine groups is 1. The SMILES string of the molecule is Cc1ccnn1Cc1ccc(C(C)C(=O)NN)cc1. The van der Waals surface area contributed by atoms with Crippen molar-refractivity contribution >= 4 is 5.91 Å². The number of hydrogen-bond acceptors (Lipinski definition) is 3. The van der Waals surface area contributed by atoms with Gasteiger partial charge in [-0.3, -0.25) is 14.9 Å². The number of nitrogens with two attached hydrogens (primary N) is 1.